The molecule has 0 aromatic heterocycles. The highest BCUT2D eigenvalue weighted by atomic mass is 35.5. The van der Waals surface area contributed by atoms with E-state index in [1.807, 2.05) is 42.3 Å². The van der Waals surface area contributed by atoms with Crippen LogP contribution in [0.3, 0.4) is 0 Å². The van der Waals surface area contributed by atoms with Crippen LogP contribution in [0.2, 0.25) is 5.02 Å². The Kier molecular flexibility index (Phi) is 8.60. The molecule has 0 radical (unpaired) electrons. The van der Waals surface area contributed by atoms with Crippen LogP contribution in [-0.4, -0.2) is 69.3 Å². The second-order valence-electron chi connectivity index (χ2n) is 8.98. The predicted octanol–water partition coefficient (Wildman–Crippen LogP) is 3.26. The fourth-order valence-electron chi connectivity index (χ4n) is 4.02. The standard InChI is InChI=1S/C27H29ClN4O4S/c1-31-15-17-32(18-16-31)27(34)21-7-11-23(12-8-21)29-26(33)25(19-20-5-3-2-4-6-20)30-37(35,36)24-13-9-22(28)10-14-24/h2-14,25,30H,15-19H2,1H3,(H,29,33). The lowest BCUT2D eigenvalue weighted by Gasteiger charge is -2.32. The van der Waals surface area contributed by atoms with Gasteiger partial charge in [-0.05, 0) is 67.6 Å². The molecule has 2 N–H and O–H groups in total. The summed E-state index contributed by atoms with van der Waals surface area (Å²) in [7, 11) is -1.96. The summed E-state index contributed by atoms with van der Waals surface area (Å²) < 4.78 is 28.5. The Balaban J connectivity index is 1.48. The van der Waals surface area contributed by atoms with Crippen molar-refractivity contribution in [1.82, 2.24) is 14.5 Å². The Morgan fingerprint density at radius 3 is 2.14 bits per heavy atom. The minimum atomic E-state index is -3.99. The van der Waals surface area contributed by atoms with E-state index < -0.39 is 22.0 Å². The smallest absolute Gasteiger partial charge is 0.253 e. The molecule has 1 atom stereocenters. The van der Waals surface area contributed by atoms with Crippen molar-refractivity contribution >= 4 is 39.1 Å². The van der Waals surface area contributed by atoms with Crippen molar-refractivity contribution in [2.75, 3.05) is 38.5 Å². The van der Waals surface area contributed by atoms with Crippen LogP contribution in [0.25, 0.3) is 0 Å². The van der Waals surface area contributed by atoms with Crippen LogP contribution < -0.4 is 10.0 Å². The number of rotatable bonds is 8. The molecule has 1 fully saturated rings. The Morgan fingerprint density at radius 2 is 1.51 bits per heavy atom. The molecule has 37 heavy (non-hydrogen) atoms. The van der Waals surface area contributed by atoms with Gasteiger partial charge in [-0.1, -0.05) is 41.9 Å². The van der Waals surface area contributed by atoms with Gasteiger partial charge in [-0.15, -0.1) is 0 Å². The number of anilines is 1. The fourth-order valence-corrected chi connectivity index (χ4v) is 5.35. The third-order valence-electron chi connectivity index (χ3n) is 6.21. The quantitative estimate of drug-likeness (QED) is 0.457. The first kappa shape index (κ1) is 26.8. The van der Waals surface area contributed by atoms with E-state index in [9.17, 15) is 18.0 Å². The number of benzene rings is 3. The average Bonchev–Trinajstić information content (AvgIpc) is 2.89. The van der Waals surface area contributed by atoms with Gasteiger partial charge in [-0.25, -0.2) is 8.42 Å². The number of halogens is 1. The van der Waals surface area contributed by atoms with Gasteiger partial charge in [-0.2, -0.15) is 4.72 Å². The molecule has 1 aliphatic rings. The monoisotopic (exact) mass is 540 g/mol. The number of carbonyl (C=O) groups excluding carboxylic acids is 2. The number of carbonyl (C=O) groups is 2. The van der Waals surface area contributed by atoms with Gasteiger partial charge in [-0.3, -0.25) is 9.59 Å². The van der Waals surface area contributed by atoms with Gasteiger partial charge < -0.3 is 15.1 Å². The molecule has 1 saturated heterocycles. The predicted molar refractivity (Wildman–Crippen MR) is 144 cm³/mol. The average molecular weight is 541 g/mol. The van der Waals surface area contributed by atoms with Crippen molar-refractivity contribution in [3.05, 3.63) is 95.0 Å². The minimum absolute atomic E-state index is 0.00883. The third-order valence-corrected chi connectivity index (χ3v) is 7.95. The van der Waals surface area contributed by atoms with E-state index in [1.54, 1.807) is 24.3 Å². The topological polar surface area (TPSA) is 98.8 Å². The number of sulfonamides is 1. The number of amides is 2. The molecule has 10 heteroatoms. The molecule has 1 heterocycles. The van der Waals surface area contributed by atoms with E-state index >= 15 is 0 Å². The second kappa shape index (κ2) is 11.9. The number of piperazine rings is 1. The molecule has 4 rings (SSSR count). The second-order valence-corrected chi connectivity index (χ2v) is 11.1. The minimum Gasteiger partial charge on any atom is -0.336 e. The lowest BCUT2D eigenvalue weighted by Crippen LogP contribution is -2.47. The molecular formula is C27H29ClN4O4S. The van der Waals surface area contributed by atoms with E-state index in [4.69, 9.17) is 11.6 Å². The molecule has 3 aromatic rings. The maximum absolute atomic E-state index is 13.2. The normalized spacial score (nSPS) is 15.2. The number of likely N-dealkylation sites (N-methyl/N-ethyl adjacent to an activating group) is 1. The van der Waals surface area contributed by atoms with Gasteiger partial charge in [0.25, 0.3) is 5.91 Å². The zero-order chi connectivity index (χ0) is 26.4. The number of hydrogen-bond acceptors (Lipinski definition) is 5. The first-order valence-electron chi connectivity index (χ1n) is 11.9. The molecule has 8 nitrogen and oxygen atoms in total. The Morgan fingerprint density at radius 1 is 0.892 bits per heavy atom. The summed E-state index contributed by atoms with van der Waals surface area (Å²) in [6, 6.07) is 20.4. The number of hydrogen-bond donors (Lipinski definition) is 2. The van der Waals surface area contributed by atoms with Gasteiger partial charge >= 0.3 is 0 Å². The van der Waals surface area contributed by atoms with Crippen molar-refractivity contribution in [2.45, 2.75) is 17.4 Å². The lowest BCUT2D eigenvalue weighted by molar-refractivity contribution is -0.117. The summed E-state index contributed by atoms with van der Waals surface area (Å²) in [6.45, 7) is 2.99. The van der Waals surface area contributed by atoms with Crippen molar-refractivity contribution in [1.29, 1.82) is 0 Å². The third kappa shape index (κ3) is 7.17. The molecule has 0 bridgehead atoms. The molecule has 194 valence electrons. The molecule has 3 aromatic carbocycles. The zero-order valence-electron chi connectivity index (χ0n) is 20.4. The lowest BCUT2D eigenvalue weighted by atomic mass is 10.1. The van der Waals surface area contributed by atoms with Crippen LogP contribution in [0.15, 0.2) is 83.8 Å². The van der Waals surface area contributed by atoms with Crippen molar-refractivity contribution in [3.8, 4) is 0 Å². The van der Waals surface area contributed by atoms with Gasteiger partial charge in [0.05, 0.1) is 4.90 Å². The Bertz CT molecular complexity index is 1330. The molecule has 1 aliphatic heterocycles. The van der Waals surface area contributed by atoms with E-state index in [2.05, 4.69) is 14.9 Å². The highest BCUT2D eigenvalue weighted by molar-refractivity contribution is 7.89. The largest absolute Gasteiger partial charge is 0.336 e. The summed E-state index contributed by atoms with van der Waals surface area (Å²) in [6.07, 6.45) is 0.152. The maximum Gasteiger partial charge on any atom is 0.253 e. The van der Waals surface area contributed by atoms with E-state index in [-0.39, 0.29) is 17.2 Å². The van der Waals surface area contributed by atoms with Gasteiger partial charge in [0.15, 0.2) is 0 Å². The summed E-state index contributed by atoms with van der Waals surface area (Å²) in [5, 5.41) is 3.19. The van der Waals surface area contributed by atoms with Crippen LogP contribution in [0, 0.1) is 0 Å². The van der Waals surface area contributed by atoms with Gasteiger partial charge in [0.1, 0.15) is 6.04 Å². The maximum atomic E-state index is 13.2. The van der Waals surface area contributed by atoms with Crippen molar-refractivity contribution in [2.24, 2.45) is 0 Å². The highest BCUT2D eigenvalue weighted by Gasteiger charge is 2.27. The summed E-state index contributed by atoms with van der Waals surface area (Å²) in [4.78, 5) is 30.0. The van der Waals surface area contributed by atoms with Crippen molar-refractivity contribution in [3.63, 3.8) is 0 Å². The van der Waals surface area contributed by atoms with E-state index in [0.29, 0.717) is 29.4 Å². The summed E-state index contributed by atoms with van der Waals surface area (Å²) >= 11 is 5.89. The van der Waals surface area contributed by atoms with Gasteiger partial charge in [0, 0.05) is 42.5 Å². The SMILES string of the molecule is CN1CCN(C(=O)c2ccc(NC(=O)C(Cc3ccccc3)NS(=O)(=O)c3ccc(Cl)cc3)cc2)CC1. The van der Waals surface area contributed by atoms with Crippen LogP contribution >= 0.6 is 11.6 Å². The van der Waals surface area contributed by atoms with Crippen LogP contribution in [0.4, 0.5) is 5.69 Å². The first-order chi connectivity index (χ1) is 17.7. The molecular weight excluding hydrogens is 512 g/mol. The number of nitrogens with zero attached hydrogens (tertiary/aromatic N) is 2. The molecule has 2 amide bonds. The zero-order valence-corrected chi connectivity index (χ0v) is 22.0. The van der Waals surface area contributed by atoms with E-state index in [1.165, 1.54) is 24.3 Å². The Labute approximate surface area is 222 Å². The number of nitrogens with one attached hydrogen (secondary N) is 2. The summed E-state index contributed by atoms with van der Waals surface area (Å²) in [5.74, 6) is -0.566. The molecule has 0 spiro atoms. The van der Waals surface area contributed by atoms with Gasteiger partial charge in [0.2, 0.25) is 15.9 Å². The van der Waals surface area contributed by atoms with Crippen LogP contribution in [0.1, 0.15) is 15.9 Å². The van der Waals surface area contributed by atoms with Crippen LogP contribution in [0.5, 0.6) is 0 Å². The van der Waals surface area contributed by atoms with E-state index in [0.717, 1.165) is 18.7 Å². The van der Waals surface area contributed by atoms with Crippen molar-refractivity contribution < 1.29 is 18.0 Å². The molecule has 0 aliphatic carbocycles. The first-order valence-corrected chi connectivity index (χ1v) is 13.8. The summed E-state index contributed by atoms with van der Waals surface area (Å²) in [5.41, 5.74) is 1.80. The molecule has 0 saturated carbocycles. The van der Waals surface area contributed by atoms with Crippen LogP contribution in [-0.2, 0) is 21.2 Å². The fraction of sp³-hybridized carbons (Fsp3) is 0.259. The Hall–Kier alpha value is -3.24. The highest BCUT2D eigenvalue weighted by Crippen LogP contribution is 2.17. The molecule has 1 unspecified atom stereocenters.